The van der Waals surface area contributed by atoms with Crippen molar-refractivity contribution in [3.05, 3.63) is 51.4 Å². The van der Waals surface area contributed by atoms with Gasteiger partial charge in [-0.1, -0.05) is 31.2 Å². The van der Waals surface area contributed by atoms with E-state index in [1.54, 1.807) is 6.92 Å². The van der Waals surface area contributed by atoms with Gasteiger partial charge in [-0.3, -0.25) is 0 Å². The lowest BCUT2D eigenvalue weighted by molar-refractivity contribution is -0.191. The van der Waals surface area contributed by atoms with Gasteiger partial charge in [-0.25, -0.2) is 4.79 Å². The van der Waals surface area contributed by atoms with Crippen molar-refractivity contribution in [1.29, 1.82) is 0 Å². The van der Waals surface area contributed by atoms with Crippen LogP contribution in [0.15, 0.2) is 24.3 Å². The predicted molar refractivity (Wildman–Crippen MR) is 98.8 cm³/mol. The Morgan fingerprint density at radius 1 is 1.15 bits per heavy atom. The molecule has 6 nitrogen and oxygen atoms in total. The molecule has 0 aliphatic carbocycles. The van der Waals surface area contributed by atoms with Crippen LogP contribution in [0.4, 0.5) is 5.00 Å². The van der Waals surface area contributed by atoms with Crippen molar-refractivity contribution >= 4 is 28.5 Å². The number of aliphatic hydroxyl groups excluding tert-OH is 1. The third kappa shape index (κ3) is 5.81. The molecule has 0 unspecified atom stereocenters. The van der Waals surface area contributed by atoms with Crippen LogP contribution in [0.5, 0.6) is 0 Å². The monoisotopic (exact) mass is 377 g/mol. The highest BCUT2D eigenvalue weighted by Crippen LogP contribution is 2.33. The summed E-state index contributed by atoms with van der Waals surface area (Å²) in [7, 11) is 0. The molecule has 1 aromatic carbocycles. The number of nitrogen functional groups attached to an aromatic ring is 1. The van der Waals surface area contributed by atoms with Gasteiger partial charge < -0.3 is 15.6 Å². The minimum Gasteiger partial charge on any atom is -0.462 e. The normalized spacial score (nSPS) is 9.81. The standard InChI is InChI=1S/C18H23NO3S.CO2/c1-3-14-15(23-17(19)16(14)18(21)22-4-2)10-9-12-5-7-13(11-20)8-6-12;2-1-3/h5-8,20H,3-4,9-11,19H2,1-2H3;. The predicted octanol–water partition coefficient (Wildman–Crippen LogP) is 2.76. The Balaban J connectivity index is 0.00000105. The van der Waals surface area contributed by atoms with Gasteiger partial charge >= 0.3 is 12.1 Å². The fourth-order valence-corrected chi connectivity index (χ4v) is 3.75. The molecule has 0 radical (unpaired) electrons. The Bertz CT molecular complexity index is 746. The van der Waals surface area contributed by atoms with E-state index in [2.05, 4.69) is 0 Å². The first-order valence-electron chi connectivity index (χ1n) is 8.27. The second kappa shape index (κ2) is 11.2. The van der Waals surface area contributed by atoms with Gasteiger partial charge in [0.25, 0.3) is 0 Å². The van der Waals surface area contributed by atoms with E-state index in [-0.39, 0.29) is 18.7 Å². The number of ether oxygens (including phenoxy) is 1. The number of carbonyl (C=O) groups is 1. The lowest BCUT2D eigenvalue weighted by Gasteiger charge is -2.06. The zero-order valence-electron chi connectivity index (χ0n) is 14.9. The van der Waals surface area contributed by atoms with E-state index in [0.29, 0.717) is 17.2 Å². The lowest BCUT2D eigenvalue weighted by atomic mass is 10.0. The van der Waals surface area contributed by atoms with Gasteiger partial charge in [0.2, 0.25) is 0 Å². The van der Waals surface area contributed by atoms with Crippen LogP contribution in [-0.4, -0.2) is 23.8 Å². The second-order valence-corrected chi connectivity index (χ2v) is 6.51. The SMILES string of the molecule is CCOC(=O)c1c(N)sc(CCc2ccc(CO)cc2)c1CC.O=C=O. The summed E-state index contributed by atoms with van der Waals surface area (Å²) >= 11 is 1.48. The van der Waals surface area contributed by atoms with Crippen LogP contribution in [0, 0.1) is 0 Å². The van der Waals surface area contributed by atoms with Gasteiger partial charge in [0.05, 0.1) is 18.8 Å². The first-order chi connectivity index (χ1) is 12.5. The number of thiophene rings is 1. The maximum Gasteiger partial charge on any atom is 0.373 e. The molecule has 7 heteroatoms. The van der Waals surface area contributed by atoms with E-state index in [4.69, 9.17) is 25.2 Å². The van der Waals surface area contributed by atoms with Gasteiger partial charge in [-0.15, -0.1) is 11.3 Å². The summed E-state index contributed by atoms with van der Waals surface area (Å²) < 4.78 is 5.12. The molecule has 0 aliphatic rings. The van der Waals surface area contributed by atoms with Crippen molar-refractivity contribution in [1.82, 2.24) is 0 Å². The lowest BCUT2D eigenvalue weighted by Crippen LogP contribution is -2.09. The molecule has 0 saturated heterocycles. The molecule has 140 valence electrons. The molecule has 0 aliphatic heterocycles. The average Bonchev–Trinajstić information content (AvgIpc) is 2.96. The Labute approximate surface area is 156 Å². The summed E-state index contributed by atoms with van der Waals surface area (Å²) in [5, 5.41) is 9.62. The van der Waals surface area contributed by atoms with E-state index in [9.17, 15) is 4.79 Å². The molecule has 0 amide bonds. The molecular formula is C19H23NO5S. The van der Waals surface area contributed by atoms with Crippen molar-refractivity contribution in [2.24, 2.45) is 0 Å². The largest absolute Gasteiger partial charge is 0.462 e. The highest BCUT2D eigenvalue weighted by Gasteiger charge is 2.21. The first-order valence-corrected chi connectivity index (χ1v) is 9.08. The maximum atomic E-state index is 12.1. The Kier molecular flexibility index (Phi) is 9.30. The van der Waals surface area contributed by atoms with E-state index in [0.717, 1.165) is 35.3 Å². The number of esters is 1. The number of hydrogen-bond donors (Lipinski definition) is 2. The van der Waals surface area contributed by atoms with Crippen LogP contribution in [0.1, 0.15) is 45.8 Å². The number of anilines is 1. The van der Waals surface area contributed by atoms with Crippen molar-refractivity contribution in [3.63, 3.8) is 0 Å². The molecular weight excluding hydrogens is 354 g/mol. The summed E-state index contributed by atoms with van der Waals surface area (Å²) in [6.45, 7) is 4.24. The van der Waals surface area contributed by atoms with E-state index >= 15 is 0 Å². The van der Waals surface area contributed by atoms with E-state index in [1.807, 2.05) is 31.2 Å². The summed E-state index contributed by atoms with van der Waals surface area (Å²) in [6, 6.07) is 7.92. The number of nitrogens with two attached hydrogens (primary N) is 1. The second-order valence-electron chi connectivity index (χ2n) is 5.38. The zero-order chi connectivity index (χ0) is 19.5. The fraction of sp³-hybridized carbons (Fsp3) is 0.368. The molecule has 0 saturated carbocycles. The summed E-state index contributed by atoms with van der Waals surface area (Å²) in [6.07, 6.45) is 2.73. The molecule has 1 aromatic heterocycles. The molecule has 2 aromatic rings. The van der Waals surface area contributed by atoms with Crippen LogP contribution >= 0.6 is 11.3 Å². The number of benzene rings is 1. The molecule has 0 atom stereocenters. The fourth-order valence-electron chi connectivity index (χ4n) is 2.61. The molecule has 0 spiro atoms. The Hall–Kier alpha value is -2.47. The van der Waals surface area contributed by atoms with Crippen LogP contribution in [0.25, 0.3) is 0 Å². The van der Waals surface area contributed by atoms with Crippen molar-refractivity contribution in [2.75, 3.05) is 12.3 Å². The van der Waals surface area contributed by atoms with E-state index < -0.39 is 0 Å². The smallest absolute Gasteiger partial charge is 0.373 e. The molecule has 1 heterocycles. The molecule has 0 bridgehead atoms. The Morgan fingerprint density at radius 2 is 1.73 bits per heavy atom. The van der Waals surface area contributed by atoms with Crippen LogP contribution in [-0.2, 0) is 40.2 Å². The quantitative estimate of drug-likeness (QED) is 0.719. The molecule has 2 rings (SSSR count). The van der Waals surface area contributed by atoms with Gasteiger partial charge in [0.15, 0.2) is 0 Å². The molecule has 26 heavy (non-hydrogen) atoms. The minimum absolute atomic E-state index is 0.0601. The highest BCUT2D eigenvalue weighted by molar-refractivity contribution is 7.16. The average molecular weight is 377 g/mol. The van der Waals surface area contributed by atoms with Crippen molar-refractivity contribution in [3.8, 4) is 0 Å². The molecule has 3 N–H and O–H groups in total. The summed E-state index contributed by atoms with van der Waals surface area (Å²) in [5.74, 6) is -0.323. The van der Waals surface area contributed by atoms with Crippen LogP contribution < -0.4 is 5.73 Å². The topological polar surface area (TPSA) is 107 Å². The van der Waals surface area contributed by atoms with Crippen molar-refractivity contribution in [2.45, 2.75) is 39.7 Å². The van der Waals surface area contributed by atoms with Gasteiger partial charge in [-0.05, 0) is 42.9 Å². The summed E-state index contributed by atoms with van der Waals surface area (Å²) in [5.41, 5.74) is 9.72. The maximum absolute atomic E-state index is 12.1. The molecule has 0 fully saturated rings. The Morgan fingerprint density at radius 3 is 2.23 bits per heavy atom. The minimum atomic E-state index is -0.323. The summed E-state index contributed by atoms with van der Waals surface area (Å²) in [4.78, 5) is 29.5. The van der Waals surface area contributed by atoms with Gasteiger partial charge in [0.1, 0.15) is 5.00 Å². The van der Waals surface area contributed by atoms with Crippen LogP contribution in [0.2, 0.25) is 0 Å². The van der Waals surface area contributed by atoms with Crippen molar-refractivity contribution < 1.29 is 24.2 Å². The van der Waals surface area contributed by atoms with Gasteiger partial charge in [0, 0.05) is 4.88 Å². The zero-order valence-corrected chi connectivity index (χ0v) is 15.7. The number of carbonyl (C=O) groups excluding carboxylic acids is 3. The third-order valence-electron chi connectivity index (χ3n) is 3.80. The number of hydrogen-bond acceptors (Lipinski definition) is 7. The highest BCUT2D eigenvalue weighted by atomic mass is 32.1. The van der Waals surface area contributed by atoms with Crippen LogP contribution in [0.3, 0.4) is 0 Å². The number of aliphatic hydroxyl groups is 1. The number of rotatable bonds is 7. The van der Waals surface area contributed by atoms with E-state index in [1.165, 1.54) is 16.9 Å². The third-order valence-corrected chi connectivity index (χ3v) is 4.92. The van der Waals surface area contributed by atoms with Gasteiger partial charge in [-0.2, -0.15) is 9.59 Å². The first kappa shape index (κ1) is 21.6. The number of aryl methyl sites for hydroxylation is 2.